The van der Waals surface area contributed by atoms with Gasteiger partial charge in [0.05, 0.1) is 24.9 Å². The molecule has 13 heteroatoms. The van der Waals surface area contributed by atoms with Gasteiger partial charge in [-0.15, -0.1) is 0 Å². The second kappa shape index (κ2) is 14.2. The molecule has 1 saturated heterocycles. The van der Waals surface area contributed by atoms with Crippen LogP contribution in [-0.2, 0) is 28.8 Å². The van der Waals surface area contributed by atoms with Crippen LogP contribution >= 0.6 is 11.6 Å². The summed E-state index contributed by atoms with van der Waals surface area (Å²) in [5.74, 6) is -2.18. The van der Waals surface area contributed by atoms with Crippen LogP contribution in [0.25, 0.3) is 0 Å². The van der Waals surface area contributed by atoms with Gasteiger partial charge in [-0.1, -0.05) is 69.4 Å². The van der Waals surface area contributed by atoms with Crippen LogP contribution in [0.1, 0.15) is 91.0 Å². The molecule has 12 nitrogen and oxygen atoms in total. The SMILES string of the molecule is CCC[C@H](NC(=O)[C@@H]1CC2(CC(c3cccc(Cl)c3)=NO2)CN1C(=O)[C@@H](NC(=O)OCC1CCC1)C(C)(C)C)C(=O)C(=O)NC1CC1. The number of rotatable bonds is 12. The second-order valence-electron chi connectivity index (χ2n) is 14.5. The van der Waals surface area contributed by atoms with Crippen molar-refractivity contribution >= 4 is 46.9 Å². The molecule has 2 aliphatic carbocycles. The lowest BCUT2D eigenvalue weighted by atomic mass is 9.85. The minimum atomic E-state index is -1.06. The number of likely N-dealkylation sites (tertiary alicyclic amines) is 1. The van der Waals surface area contributed by atoms with Crippen molar-refractivity contribution in [2.24, 2.45) is 16.5 Å². The number of carbonyl (C=O) groups excluding carboxylic acids is 5. The molecule has 2 heterocycles. The molecule has 4 aliphatic rings. The van der Waals surface area contributed by atoms with Gasteiger partial charge in [0, 0.05) is 29.5 Å². The van der Waals surface area contributed by atoms with Crippen LogP contribution in [0.4, 0.5) is 4.79 Å². The molecule has 2 saturated carbocycles. The Labute approximate surface area is 280 Å². The number of Topliss-reactive ketones (excluding diaryl/α,β-unsaturated/α-hetero) is 1. The topological polar surface area (TPSA) is 156 Å². The first-order chi connectivity index (χ1) is 22.3. The van der Waals surface area contributed by atoms with E-state index in [0.29, 0.717) is 29.5 Å². The van der Waals surface area contributed by atoms with Crippen LogP contribution in [0, 0.1) is 11.3 Å². The van der Waals surface area contributed by atoms with Gasteiger partial charge in [0.15, 0.2) is 5.60 Å². The highest BCUT2D eigenvalue weighted by atomic mass is 35.5. The first kappa shape index (κ1) is 34.7. The Morgan fingerprint density at radius 2 is 1.87 bits per heavy atom. The number of ether oxygens (including phenoxy) is 1. The van der Waals surface area contributed by atoms with Gasteiger partial charge in [-0.3, -0.25) is 19.2 Å². The van der Waals surface area contributed by atoms with Crippen molar-refractivity contribution in [3.63, 3.8) is 0 Å². The normalized spacial score (nSPS) is 23.6. The summed E-state index contributed by atoms with van der Waals surface area (Å²) in [6.45, 7) is 7.62. The van der Waals surface area contributed by atoms with Crippen LogP contribution in [-0.4, -0.2) is 83.1 Å². The molecular formula is C34H46ClN5O7. The number of oxime groups is 1. The van der Waals surface area contributed by atoms with E-state index >= 15 is 0 Å². The van der Waals surface area contributed by atoms with E-state index in [0.717, 1.165) is 37.7 Å². The fourth-order valence-corrected chi connectivity index (χ4v) is 6.44. The molecule has 0 aromatic heterocycles. The summed E-state index contributed by atoms with van der Waals surface area (Å²) in [6.07, 6.45) is 5.26. The number of benzene rings is 1. The summed E-state index contributed by atoms with van der Waals surface area (Å²) < 4.78 is 5.46. The number of nitrogens with one attached hydrogen (secondary N) is 3. The van der Waals surface area contributed by atoms with Gasteiger partial charge in [0.2, 0.25) is 17.6 Å². The molecule has 5 rings (SSSR count). The quantitative estimate of drug-likeness (QED) is 0.285. The molecule has 3 N–H and O–H groups in total. The van der Waals surface area contributed by atoms with E-state index in [1.54, 1.807) is 18.2 Å². The Balaban J connectivity index is 1.37. The maximum Gasteiger partial charge on any atom is 0.407 e. The van der Waals surface area contributed by atoms with E-state index < -0.39 is 58.7 Å². The molecule has 0 bridgehead atoms. The third-order valence-electron chi connectivity index (χ3n) is 9.38. The number of amides is 4. The molecule has 1 unspecified atom stereocenters. The molecule has 2 aliphatic heterocycles. The Bertz CT molecular complexity index is 1420. The molecule has 4 amide bonds. The number of hydrogen-bond acceptors (Lipinski definition) is 8. The molecule has 47 heavy (non-hydrogen) atoms. The second-order valence-corrected chi connectivity index (χ2v) is 14.9. The first-order valence-electron chi connectivity index (χ1n) is 16.7. The maximum atomic E-state index is 14.4. The first-order valence-corrected chi connectivity index (χ1v) is 17.1. The van der Waals surface area contributed by atoms with E-state index in [1.165, 1.54) is 4.90 Å². The Morgan fingerprint density at radius 3 is 2.49 bits per heavy atom. The van der Waals surface area contributed by atoms with Crippen molar-refractivity contribution in [2.45, 2.75) is 115 Å². The van der Waals surface area contributed by atoms with Crippen LogP contribution in [0.15, 0.2) is 29.4 Å². The average Bonchev–Trinajstić information content (AvgIpc) is 3.58. The molecule has 0 radical (unpaired) electrons. The molecular weight excluding hydrogens is 626 g/mol. The summed E-state index contributed by atoms with van der Waals surface area (Å²) >= 11 is 6.22. The largest absolute Gasteiger partial charge is 0.449 e. The Kier molecular flexibility index (Phi) is 10.5. The molecule has 1 aromatic rings. The summed E-state index contributed by atoms with van der Waals surface area (Å²) in [7, 11) is 0. The monoisotopic (exact) mass is 671 g/mol. The lowest BCUT2D eigenvalue weighted by molar-refractivity contribution is -0.144. The van der Waals surface area contributed by atoms with Gasteiger partial charge in [0.25, 0.3) is 5.91 Å². The van der Waals surface area contributed by atoms with Crippen molar-refractivity contribution in [1.29, 1.82) is 0 Å². The number of alkyl carbamates (subject to hydrolysis) is 1. The van der Waals surface area contributed by atoms with Crippen LogP contribution in [0.3, 0.4) is 0 Å². The number of ketones is 1. The van der Waals surface area contributed by atoms with Gasteiger partial charge in [-0.05, 0) is 55.6 Å². The van der Waals surface area contributed by atoms with Crippen molar-refractivity contribution in [3.05, 3.63) is 34.9 Å². The van der Waals surface area contributed by atoms with E-state index in [2.05, 4.69) is 21.1 Å². The Morgan fingerprint density at radius 1 is 1.13 bits per heavy atom. The molecule has 3 fully saturated rings. The smallest absolute Gasteiger partial charge is 0.407 e. The van der Waals surface area contributed by atoms with Gasteiger partial charge >= 0.3 is 6.09 Å². The van der Waals surface area contributed by atoms with Gasteiger partial charge in [0.1, 0.15) is 12.1 Å². The molecule has 1 aromatic carbocycles. The van der Waals surface area contributed by atoms with Crippen LogP contribution in [0.5, 0.6) is 0 Å². The molecule has 256 valence electrons. The zero-order valence-corrected chi connectivity index (χ0v) is 28.4. The number of halogens is 1. The van der Waals surface area contributed by atoms with Crippen LogP contribution in [0.2, 0.25) is 5.02 Å². The average molecular weight is 672 g/mol. The highest BCUT2D eigenvalue weighted by Gasteiger charge is 2.55. The number of hydrogen-bond donors (Lipinski definition) is 3. The van der Waals surface area contributed by atoms with Crippen molar-refractivity contribution in [3.8, 4) is 0 Å². The van der Waals surface area contributed by atoms with Gasteiger partial charge in [-0.2, -0.15) is 0 Å². The van der Waals surface area contributed by atoms with Gasteiger partial charge < -0.3 is 30.4 Å². The summed E-state index contributed by atoms with van der Waals surface area (Å²) in [5, 5.41) is 13.1. The van der Waals surface area contributed by atoms with Crippen molar-refractivity contribution < 1.29 is 33.5 Å². The molecule has 1 spiro atoms. The predicted octanol–water partition coefficient (Wildman–Crippen LogP) is 3.88. The standard InChI is InChI=1S/C34H46ClN5O7/c1-5-8-24(27(41)30(43)36-23-13-14-23)37-29(42)26-17-34(16-25(39-47-34)21-11-7-12-22(35)15-21)19-40(26)31(44)28(33(2,3)4)38-32(45)46-18-20-9-6-10-20/h7,11-12,15,20,23-24,26,28H,5-6,8-10,13-14,16-19H2,1-4H3,(H,36,43)(H,37,42)(H,38,45)/t24-,26-,28+,34?/m0/s1. The maximum absolute atomic E-state index is 14.4. The van der Waals surface area contributed by atoms with Crippen molar-refractivity contribution in [2.75, 3.05) is 13.2 Å². The Hall–Kier alpha value is -3.67. The lowest BCUT2D eigenvalue weighted by Crippen LogP contribution is -2.59. The predicted molar refractivity (Wildman–Crippen MR) is 175 cm³/mol. The fraction of sp³-hybridized carbons (Fsp3) is 0.647. The van der Waals surface area contributed by atoms with E-state index in [9.17, 15) is 24.0 Å². The molecule has 4 atom stereocenters. The number of carbonyl (C=O) groups is 5. The zero-order valence-electron chi connectivity index (χ0n) is 27.6. The lowest BCUT2D eigenvalue weighted by Gasteiger charge is -2.35. The summed E-state index contributed by atoms with van der Waals surface area (Å²) in [5.41, 5.74) is -0.388. The third kappa shape index (κ3) is 8.44. The van der Waals surface area contributed by atoms with E-state index in [-0.39, 0.29) is 32.0 Å². The highest BCUT2D eigenvalue weighted by molar-refractivity contribution is 6.38. The zero-order chi connectivity index (χ0) is 33.9. The minimum absolute atomic E-state index is 0.0113. The summed E-state index contributed by atoms with van der Waals surface area (Å²) in [6, 6.07) is 4.03. The van der Waals surface area contributed by atoms with Gasteiger partial charge in [-0.25, -0.2) is 4.79 Å². The van der Waals surface area contributed by atoms with E-state index in [1.807, 2.05) is 33.8 Å². The van der Waals surface area contributed by atoms with Crippen molar-refractivity contribution in [1.82, 2.24) is 20.9 Å². The third-order valence-corrected chi connectivity index (χ3v) is 9.61. The van der Waals surface area contributed by atoms with E-state index in [4.69, 9.17) is 21.2 Å². The summed E-state index contributed by atoms with van der Waals surface area (Å²) in [4.78, 5) is 74.5. The number of nitrogens with zero attached hydrogens (tertiary/aromatic N) is 2. The highest BCUT2D eigenvalue weighted by Crippen LogP contribution is 2.40. The fourth-order valence-electron chi connectivity index (χ4n) is 6.25. The van der Waals surface area contributed by atoms with Crippen LogP contribution < -0.4 is 16.0 Å². The minimum Gasteiger partial charge on any atom is -0.449 e.